The van der Waals surface area contributed by atoms with Crippen molar-refractivity contribution in [1.82, 2.24) is 10.6 Å². The zero-order chi connectivity index (χ0) is 20.1. The molecule has 1 saturated heterocycles. The molecule has 9 heteroatoms. The summed E-state index contributed by atoms with van der Waals surface area (Å²) in [6, 6.07) is 11.6. The molecule has 0 aromatic heterocycles. The highest BCUT2D eigenvalue weighted by Gasteiger charge is 2.37. The maximum absolute atomic E-state index is 13.2. The Balaban J connectivity index is 1.56. The summed E-state index contributed by atoms with van der Waals surface area (Å²) in [7, 11) is 0. The van der Waals surface area contributed by atoms with E-state index in [1.165, 1.54) is 24.3 Å². The molecule has 1 fully saturated rings. The maximum Gasteiger partial charge on any atom is 0.407 e. The van der Waals surface area contributed by atoms with Gasteiger partial charge in [-0.15, -0.1) is 0 Å². The van der Waals surface area contributed by atoms with Crippen LogP contribution in [0.25, 0.3) is 0 Å². The number of nitrogens with one attached hydrogen (secondary N) is 2. The average Bonchev–Trinajstić information content (AvgIpc) is 3.00. The van der Waals surface area contributed by atoms with E-state index in [4.69, 9.17) is 4.74 Å². The van der Waals surface area contributed by atoms with E-state index in [1.807, 2.05) is 0 Å². The minimum atomic E-state index is -0.872. The molecule has 3 atom stereocenters. The van der Waals surface area contributed by atoms with Crippen LogP contribution >= 0.6 is 0 Å². The van der Waals surface area contributed by atoms with Crippen LogP contribution in [0, 0.1) is 15.9 Å². The summed E-state index contributed by atoms with van der Waals surface area (Å²) >= 11 is 0. The molecule has 28 heavy (non-hydrogen) atoms. The first-order valence-corrected chi connectivity index (χ1v) is 8.76. The van der Waals surface area contributed by atoms with Gasteiger partial charge in [0.25, 0.3) is 5.69 Å². The van der Waals surface area contributed by atoms with Gasteiger partial charge >= 0.3 is 6.09 Å². The van der Waals surface area contributed by atoms with E-state index < -0.39 is 29.0 Å². The lowest BCUT2D eigenvalue weighted by Crippen LogP contribution is -2.41. The van der Waals surface area contributed by atoms with Crippen LogP contribution in [0.1, 0.15) is 11.1 Å². The summed E-state index contributed by atoms with van der Waals surface area (Å²) in [5.41, 5.74) is 1.39. The van der Waals surface area contributed by atoms with Gasteiger partial charge in [-0.1, -0.05) is 24.3 Å². The summed E-state index contributed by atoms with van der Waals surface area (Å²) in [4.78, 5) is 22.3. The van der Waals surface area contributed by atoms with Gasteiger partial charge in [-0.05, 0) is 29.7 Å². The molecule has 0 radical (unpaired) electrons. The summed E-state index contributed by atoms with van der Waals surface area (Å²) in [5.74, 6) is -0.397. The zero-order valence-corrected chi connectivity index (χ0v) is 14.9. The molecule has 148 valence electrons. The Labute approximate surface area is 160 Å². The number of benzene rings is 2. The lowest BCUT2D eigenvalue weighted by Gasteiger charge is -2.22. The summed E-state index contributed by atoms with van der Waals surface area (Å²) in [6.07, 6.45) is -1.94. The first-order valence-electron chi connectivity index (χ1n) is 8.76. The van der Waals surface area contributed by atoms with Crippen molar-refractivity contribution >= 4 is 11.8 Å². The molecule has 1 aliphatic rings. The number of aliphatic hydroxyl groups is 1. The normalized spacial score (nSPS) is 21.3. The van der Waals surface area contributed by atoms with Gasteiger partial charge in [0.1, 0.15) is 18.0 Å². The standard InChI is InChI=1S/C19H20FN3O5/c20-14-3-1-2-13(8-14)10-22-19(25)28-18-16(21-11-17(18)24)9-12-4-6-15(7-5-12)23(26)27/h1-8,16-18,21,24H,9-11H2,(H,22,25)/t16-,17+,18+/m1/s1. The van der Waals surface area contributed by atoms with E-state index in [0.29, 0.717) is 12.0 Å². The first-order chi connectivity index (χ1) is 13.4. The van der Waals surface area contributed by atoms with Gasteiger partial charge in [0.15, 0.2) is 0 Å². The second-order valence-corrected chi connectivity index (χ2v) is 6.56. The van der Waals surface area contributed by atoms with Crippen molar-refractivity contribution in [3.8, 4) is 0 Å². The highest BCUT2D eigenvalue weighted by atomic mass is 19.1. The van der Waals surface area contributed by atoms with Gasteiger partial charge in [0.2, 0.25) is 0 Å². The van der Waals surface area contributed by atoms with Crippen LogP contribution in [0.15, 0.2) is 48.5 Å². The number of alkyl carbamates (subject to hydrolysis) is 1. The van der Waals surface area contributed by atoms with E-state index in [0.717, 1.165) is 5.56 Å². The summed E-state index contributed by atoms with van der Waals surface area (Å²) in [5, 5.41) is 26.5. The Morgan fingerprint density at radius 2 is 2.04 bits per heavy atom. The fraction of sp³-hybridized carbons (Fsp3) is 0.316. The second kappa shape index (κ2) is 8.77. The smallest absolute Gasteiger partial charge is 0.407 e. The number of rotatable bonds is 6. The fourth-order valence-corrected chi connectivity index (χ4v) is 3.12. The first kappa shape index (κ1) is 19.7. The molecule has 1 heterocycles. The molecule has 3 N–H and O–H groups in total. The third-order valence-corrected chi connectivity index (χ3v) is 4.54. The number of nitro groups is 1. The summed E-state index contributed by atoms with van der Waals surface area (Å²) < 4.78 is 18.5. The van der Waals surface area contributed by atoms with Crippen LogP contribution in [0.5, 0.6) is 0 Å². The van der Waals surface area contributed by atoms with Crippen LogP contribution in [-0.2, 0) is 17.7 Å². The number of non-ortho nitro benzene ring substituents is 1. The lowest BCUT2D eigenvalue weighted by molar-refractivity contribution is -0.384. The van der Waals surface area contributed by atoms with Crippen molar-refractivity contribution in [2.75, 3.05) is 6.54 Å². The Morgan fingerprint density at radius 3 is 2.71 bits per heavy atom. The van der Waals surface area contributed by atoms with Crippen LogP contribution in [0.2, 0.25) is 0 Å². The van der Waals surface area contributed by atoms with E-state index in [2.05, 4.69) is 10.6 Å². The van der Waals surface area contributed by atoms with Crippen LogP contribution < -0.4 is 10.6 Å². The number of β-amino-alcohol motifs (C(OH)–C–C–N with tert-alkyl or cyclic N) is 1. The highest BCUT2D eigenvalue weighted by Crippen LogP contribution is 2.19. The van der Waals surface area contributed by atoms with Crippen molar-refractivity contribution in [3.05, 3.63) is 75.6 Å². The van der Waals surface area contributed by atoms with Gasteiger partial charge in [-0.2, -0.15) is 0 Å². The summed E-state index contributed by atoms with van der Waals surface area (Å²) in [6.45, 7) is 0.360. The number of ether oxygens (including phenoxy) is 1. The molecule has 2 aromatic carbocycles. The van der Waals surface area contributed by atoms with Crippen molar-refractivity contribution in [2.45, 2.75) is 31.2 Å². The molecule has 0 spiro atoms. The van der Waals surface area contributed by atoms with E-state index in [1.54, 1.807) is 24.3 Å². The number of nitro benzene ring substituents is 1. The molecule has 1 amide bonds. The molecule has 1 aliphatic heterocycles. The fourth-order valence-electron chi connectivity index (χ4n) is 3.12. The molecule has 0 aliphatic carbocycles. The predicted molar refractivity (Wildman–Crippen MR) is 98.1 cm³/mol. The van der Waals surface area contributed by atoms with Crippen LogP contribution in [-0.4, -0.2) is 40.9 Å². The molecule has 0 unspecified atom stereocenters. The molecule has 2 aromatic rings. The van der Waals surface area contributed by atoms with E-state index in [9.17, 15) is 24.4 Å². The Morgan fingerprint density at radius 1 is 1.29 bits per heavy atom. The monoisotopic (exact) mass is 389 g/mol. The lowest BCUT2D eigenvalue weighted by atomic mass is 10.0. The SMILES string of the molecule is O=C(NCc1cccc(F)c1)O[C@@H]1[C@@H](O)CN[C@@H]1Cc1ccc([N+](=O)[O-])cc1. The van der Waals surface area contributed by atoms with Gasteiger partial charge in [-0.25, -0.2) is 9.18 Å². The van der Waals surface area contributed by atoms with Crippen molar-refractivity contribution in [2.24, 2.45) is 0 Å². The molecule has 3 rings (SSSR count). The van der Waals surface area contributed by atoms with Gasteiger partial charge < -0.3 is 20.5 Å². The van der Waals surface area contributed by atoms with Gasteiger partial charge in [0.05, 0.1) is 11.0 Å². The van der Waals surface area contributed by atoms with Crippen LogP contribution in [0.4, 0.5) is 14.9 Å². The topological polar surface area (TPSA) is 114 Å². The Kier molecular flexibility index (Phi) is 6.17. The number of nitrogens with zero attached hydrogens (tertiary/aromatic N) is 1. The third kappa shape index (κ3) is 5.02. The highest BCUT2D eigenvalue weighted by molar-refractivity contribution is 5.67. The second-order valence-electron chi connectivity index (χ2n) is 6.56. The van der Waals surface area contributed by atoms with E-state index >= 15 is 0 Å². The largest absolute Gasteiger partial charge is 0.442 e. The molecular formula is C19H20FN3O5. The zero-order valence-electron chi connectivity index (χ0n) is 14.9. The van der Waals surface area contributed by atoms with Crippen molar-refractivity contribution in [1.29, 1.82) is 0 Å². The molecule has 0 saturated carbocycles. The number of aliphatic hydroxyl groups excluding tert-OH is 1. The van der Waals surface area contributed by atoms with Crippen LogP contribution in [0.3, 0.4) is 0 Å². The number of carbonyl (C=O) groups is 1. The number of hydrogen-bond donors (Lipinski definition) is 3. The predicted octanol–water partition coefficient (Wildman–Crippen LogP) is 1.90. The quantitative estimate of drug-likeness (QED) is 0.514. The Bertz CT molecular complexity index is 846. The third-order valence-electron chi connectivity index (χ3n) is 4.54. The minimum absolute atomic E-state index is 0.00677. The van der Waals surface area contributed by atoms with Gasteiger partial charge in [0, 0.05) is 25.2 Å². The number of amides is 1. The molecule has 0 bridgehead atoms. The molecular weight excluding hydrogens is 369 g/mol. The number of carbonyl (C=O) groups excluding carboxylic acids is 1. The minimum Gasteiger partial charge on any atom is -0.442 e. The van der Waals surface area contributed by atoms with Gasteiger partial charge in [-0.3, -0.25) is 10.1 Å². The number of hydrogen-bond acceptors (Lipinski definition) is 6. The van der Waals surface area contributed by atoms with Crippen molar-refractivity contribution in [3.63, 3.8) is 0 Å². The van der Waals surface area contributed by atoms with E-state index in [-0.39, 0.29) is 24.8 Å². The molecule has 8 nitrogen and oxygen atoms in total. The Hall–Kier alpha value is -3.04. The average molecular weight is 389 g/mol. The van der Waals surface area contributed by atoms with Crippen molar-refractivity contribution < 1.29 is 24.0 Å². The maximum atomic E-state index is 13.2. The number of halogens is 1.